The summed E-state index contributed by atoms with van der Waals surface area (Å²) in [7, 11) is 1.76. The van der Waals surface area contributed by atoms with Crippen LogP contribution in [0.1, 0.15) is 50.1 Å². The van der Waals surface area contributed by atoms with Crippen molar-refractivity contribution >= 4 is 0 Å². The number of hydrogen-bond acceptors (Lipinski definition) is 4. The molecule has 4 heteroatoms. The largest absolute Gasteiger partial charge is 0.497 e. The lowest BCUT2D eigenvalue weighted by Gasteiger charge is -2.37. The van der Waals surface area contributed by atoms with E-state index >= 15 is 0 Å². The maximum Gasteiger partial charge on any atom is 0.119 e. The van der Waals surface area contributed by atoms with Gasteiger partial charge in [-0.2, -0.15) is 0 Å². The normalized spacial score (nSPS) is 28.8. The zero-order chi connectivity index (χ0) is 17.1. The fraction of sp³-hybridized carbons (Fsp3) is 0.714. The number of ether oxygens (including phenoxy) is 1. The second-order valence-corrected chi connectivity index (χ2v) is 8.00. The number of fused-ring (bicyclic) bond motifs is 1. The molecule has 1 aromatic rings. The third kappa shape index (κ3) is 4.02. The fourth-order valence-electron chi connectivity index (χ4n) is 5.05. The Kier molecular flexibility index (Phi) is 5.59. The quantitative estimate of drug-likeness (QED) is 0.859. The summed E-state index contributed by atoms with van der Waals surface area (Å²) < 4.78 is 5.47. The number of nitrogens with zero attached hydrogens (tertiary/aromatic N) is 2. The van der Waals surface area contributed by atoms with Crippen molar-refractivity contribution in [2.24, 2.45) is 0 Å². The predicted molar refractivity (Wildman–Crippen MR) is 102 cm³/mol. The molecule has 138 valence electrons. The van der Waals surface area contributed by atoms with E-state index in [2.05, 4.69) is 33.3 Å². The maximum absolute atomic E-state index is 5.47. The van der Waals surface area contributed by atoms with Crippen LogP contribution in [0, 0.1) is 0 Å². The van der Waals surface area contributed by atoms with Gasteiger partial charge < -0.3 is 15.0 Å². The van der Waals surface area contributed by atoms with E-state index in [1.54, 1.807) is 7.11 Å². The molecule has 0 amide bonds. The van der Waals surface area contributed by atoms with E-state index in [0.717, 1.165) is 18.3 Å². The SMILES string of the molecule is COc1cccc([C@H](CN[C@@H]2CCN3CCC[C@H]3C2)N2CCCC2)c1. The molecular weight excluding hydrogens is 310 g/mol. The molecule has 3 heterocycles. The van der Waals surface area contributed by atoms with Gasteiger partial charge in [-0.1, -0.05) is 12.1 Å². The van der Waals surface area contributed by atoms with Crippen LogP contribution in [-0.4, -0.2) is 61.7 Å². The third-order valence-corrected chi connectivity index (χ3v) is 6.48. The molecule has 1 aromatic carbocycles. The highest BCUT2D eigenvalue weighted by atomic mass is 16.5. The van der Waals surface area contributed by atoms with Crippen molar-refractivity contribution in [3.05, 3.63) is 29.8 Å². The van der Waals surface area contributed by atoms with E-state index in [9.17, 15) is 0 Å². The van der Waals surface area contributed by atoms with Crippen LogP contribution in [0.5, 0.6) is 5.75 Å². The molecule has 3 aliphatic heterocycles. The van der Waals surface area contributed by atoms with Crippen LogP contribution in [0.2, 0.25) is 0 Å². The van der Waals surface area contributed by atoms with Gasteiger partial charge in [-0.3, -0.25) is 4.90 Å². The van der Waals surface area contributed by atoms with Gasteiger partial charge >= 0.3 is 0 Å². The maximum atomic E-state index is 5.47. The second kappa shape index (κ2) is 8.07. The Hall–Kier alpha value is -1.10. The first-order chi connectivity index (χ1) is 12.3. The van der Waals surface area contributed by atoms with Crippen molar-refractivity contribution in [3.63, 3.8) is 0 Å². The summed E-state index contributed by atoms with van der Waals surface area (Å²) >= 11 is 0. The summed E-state index contributed by atoms with van der Waals surface area (Å²) in [5.74, 6) is 0.973. The zero-order valence-electron chi connectivity index (χ0n) is 15.6. The van der Waals surface area contributed by atoms with Crippen molar-refractivity contribution in [3.8, 4) is 5.75 Å². The molecule has 25 heavy (non-hydrogen) atoms. The Morgan fingerprint density at radius 2 is 2.00 bits per heavy atom. The molecule has 0 bridgehead atoms. The molecule has 3 saturated heterocycles. The second-order valence-electron chi connectivity index (χ2n) is 8.00. The highest BCUT2D eigenvalue weighted by molar-refractivity contribution is 5.31. The van der Waals surface area contributed by atoms with Gasteiger partial charge in [0.25, 0.3) is 0 Å². The number of rotatable bonds is 6. The molecule has 1 N–H and O–H groups in total. The predicted octanol–water partition coefficient (Wildman–Crippen LogP) is 3.05. The van der Waals surface area contributed by atoms with Crippen molar-refractivity contribution < 1.29 is 4.74 Å². The van der Waals surface area contributed by atoms with Gasteiger partial charge in [0, 0.05) is 24.7 Å². The van der Waals surface area contributed by atoms with Gasteiger partial charge in [-0.15, -0.1) is 0 Å². The summed E-state index contributed by atoms with van der Waals surface area (Å²) in [6.45, 7) is 6.13. The first-order valence-electron chi connectivity index (χ1n) is 10.2. The first-order valence-corrected chi connectivity index (χ1v) is 10.2. The Bertz CT molecular complexity index is 558. The molecule has 0 aromatic heterocycles. The average Bonchev–Trinajstić information content (AvgIpc) is 3.33. The number of piperidine rings is 1. The van der Waals surface area contributed by atoms with Crippen molar-refractivity contribution in [2.45, 2.75) is 56.7 Å². The molecule has 0 aliphatic carbocycles. The lowest BCUT2D eigenvalue weighted by Crippen LogP contribution is -2.47. The first kappa shape index (κ1) is 17.3. The van der Waals surface area contributed by atoms with E-state index < -0.39 is 0 Å². The Balaban J connectivity index is 1.41. The summed E-state index contributed by atoms with van der Waals surface area (Å²) in [6.07, 6.45) is 8.12. The molecule has 4 nitrogen and oxygen atoms in total. The van der Waals surface area contributed by atoms with Crippen LogP contribution in [0.15, 0.2) is 24.3 Å². The Morgan fingerprint density at radius 3 is 2.84 bits per heavy atom. The fourth-order valence-corrected chi connectivity index (χ4v) is 5.05. The minimum absolute atomic E-state index is 0.471. The summed E-state index contributed by atoms with van der Waals surface area (Å²) in [5, 5.41) is 3.94. The summed E-state index contributed by atoms with van der Waals surface area (Å²) in [4.78, 5) is 5.37. The molecule has 0 saturated carbocycles. The van der Waals surface area contributed by atoms with Crippen molar-refractivity contribution in [1.82, 2.24) is 15.1 Å². The molecule has 0 radical (unpaired) electrons. The van der Waals surface area contributed by atoms with E-state index in [-0.39, 0.29) is 0 Å². The van der Waals surface area contributed by atoms with Gasteiger partial charge in [0.05, 0.1) is 7.11 Å². The monoisotopic (exact) mass is 343 g/mol. The van der Waals surface area contributed by atoms with Crippen LogP contribution >= 0.6 is 0 Å². The van der Waals surface area contributed by atoms with E-state index in [4.69, 9.17) is 4.74 Å². The molecular formula is C21H33N3O. The standard InChI is InChI=1S/C21H33N3O/c1-25-20-8-4-6-17(14-20)21(24-10-2-3-11-24)16-22-18-9-13-23-12-5-7-19(23)15-18/h4,6,8,14,18-19,21-22H,2-3,5,7,9-13,15-16H2,1H3/t18-,19+,21+/m1/s1. The van der Waals surface area contributed by atoms with Crippen LogP contribution in [0.3, 0.4) is 0 Å². The van der Waals surface area contributed by atoms with Crippen LogP contribution in [0.4, 0.5) is 0 Å². The van der Waals surface area contributed by atoms with E-state index in [1.807, 2.05) is 6.07 Å². The molecule has 0 spiro atoms. The highest BCUT2D eigenvalue weighted by Gasteiger charge is 2.32. The van der Waals surface area contributed by atoms with Gasteiger partial charge in [0.2, 0.25) is 0 Å². The lowest BCUT2D eigenvalue weighted by atomic mass is 9.96. The van der Waals surface area contributed by atoms with Crippen LogP contribution < -0.4 is 10.1 Å². The molecule has 3 aliphatic rings. The van der Waals surface area contributed by atoms with Crippen molar-refractivity contribution in [1.29, 1.82) is 0 Å². The number of benzene rings is 1. The number of nitrogens with one attached hydrogen (secondary N) is 1. The van der Waals surface area contributed by atoms with Gasteiger partial charge in [0.15, 0.2) is 0 Å². The van der Waals surface area contributed by atoms with E-state index in [1.165, 1.54) is 70.3 Å². The Labute approximate surface area is 152 Å². The lowest BCUT2D eigenvalue weighted by molar-refractivity contribution is 0.157. The average molecular weight is 344 g/mol. The molecule has 3 atom stereocenters. The van der Waals surface area contributed by atoms with Crippen LogP contribution in [0.25, 0.3) is 0 Å². The molecule has 0 unspecified atom stereocenters. The van der Waals surface area contributed by atoms with Crippen LogP contribution in [-0.2, 0) is 0 Å². The number of methoxy groups -OCH3 is 1. The minimum Gasteiger partial charge on any atom is -0.497 e. The van der Waals surface area contributed by atoms with Gasteiger partial charge in [0.1, 0.15) is 5.75 Å². The molecule has 4 rings (SSSR count). The summed E-state index contributed by atoms with van der Waals surface area (Å²) in [5.41, 5.74) is 1.40. The summed E-state index contributed by atoms with van der Waals surface area (Å²) in [6, 6.07) is 10.7. The zero-order valence-corrected chi connectivity index (χ0v) is 15.6. The smallest absolute Gasteiger partial charge is 0.119 e. The van der Waals surface area contributed by atoms with Gasteiger partial charge in [-0.05, 0) is 82.4 Å². The van der Waals surface area contributed by atoms with Crippen molar-refractivity contribution in [2.75, 3.05) is 39.8 Å². The van der Waals surface area contributed by atoms with Gasteiger partial charge in [-0.25, -0.2) is 0 Å². The molecule has 3 fully saturated rings. The number of hydrogen-bond donors (Lipinski definition) is 1. The minimum atomic E-state index is 0.471. The number of likely N-dealkylation sites (tertiary alicyclic amines) is 1. The topological polar surface area (TPSA) is 27.7 Å². The third-order valence-electron chi connectivity index (χ3n) is 6.48. The highest BCUT2D eigenvalue weighted by Crippen LogP contribution is 2.29. The van der Waals surface area contributed by atoms with E-state index in [0.29, 0.717) is 12.1 Å². The Morgan fingerprint density at radius 1 is 1.12 bits per heavy atom.